The summed E-state index contributed by atoms with van der Waals surface area (Å²) in [7, 11) is 1.59. The summed E-state index contributed by atoms with van der Waals surface area (Å²) < 4.78 is 10.5. The van der Waals surface area contributed by atoms with Crippen molar-refractivity contribution in [1.29, 1.82) is 0 Å². The van der Waals surface area contributed by atoms with Gasteiger partial charge < -0.3 is 14.8 Å². The van der Waals surface area contributed by atoms with Crippen molar-refractivity contribution in [2.24, 2.45) is 0 Å². The number of nitrogens with one attached hydrogen (secondary N) is 1. The Morgan fingerprint density at radius 3 is 2.67 bits per heavy atom. The van der Waals surface area contributed by atoms with E-state index >= 15 is 0 Å². The van der Waals surface area contributed by atoms with Crippen LogP contribution in [-0.4, -0.2) is 35.2 Å². The van der Waals surface area contributed by atoms with Gasteiger partial charge in [-0.05, 0) is 19.9 Å². The number of anilines is 1. The number of aromatic nitrogens is 3. The molecule has 21 heavy (non-hydrogen) atoms. The standard InChI is InChI=1S/C15H20N4O2/c1-4-16-13-8-12(18-14(19-13)10-21-5-2)11-6-7-15(20-3)17-9-11/h6-9H,4-5,10H2,1-3H3,(H,16,18,19). The number of rotatable bonds is 7. The van der Waals surface area contributed by atoms with Crippen LogP contribution in [0.25, 0.3) is 11.3 Å². The average Bonchev–Trinajstić information content (AvgIpc) is 2.53. The minimum atomic E-state index is 0.395. The maximum atomic E-state index is 5.39. The van der Waals surface area contributed by atoms with Crippen molar-refractivity contribution < 1.29 is 9.47 Å². The van der Waals surface area contributed by atoms with Gasteiger partial charge in [0, 0.05) is 37.0 Å². The molecular formula is C15H20N4O2. The zero-order valence-corrected chi connectivity index (χ0v) is 12.6. The molecule has 0 aromatic carbocycles. The highest BCUT2D eigenvalue weighted by atomic mass is 16.5. The normalized spacial score (nSPS) is 10.4. The lowest BCUT2D eigenvalue weighted by molar-refractivity contribution is 0.128. The second-order valence-corrected chi connectivity index (χ2v) is 4.31. The topological polar surface area (TPSA) is 69.2 Å². The van der Waals surface area contributed by atoms with E-state index in [4.69, 9.17) is 9.47 Å². The second-order valence-electron chi connectivity index (χ2n) is 4.31. The molecule has 0 spiro atoms. The fourth-order valence-electron chi connectivity index (χ4n) is 1.83. The molecule has 0 fully saturated rings. The van der Waals surface area contributed by atoms with Crippen LogP contribution in [-0.2, 0) is 11.3 Å². The fourth-order valence-corrected chi connectivity index (χ4v) is 1.83. The Labute approximate surface area is 124 Å². The first-order valence-electron chi connectivity index (χ1n) is 6.96. The van der Waals surface area contributed by atoms with Crippen LogP contribution in [0, 0.1) is 0 Å². The summed E-state index contributed by atoms with van der Waals surface area (Å²) >= 11 is 0. The Hall–Kier alpha value is -2.21. The first-order chi connectivity index (χ1) is 10.3. The van der Waals surface area contributed by atoms with Gasteiger partial charge in [0.1, 0.15) is 12.4 Å². The van der Waals surface area contributed by atoms with Gasteiger partial charge in [-0.2, -0.15) is 0 Å². The molecule has 0 saturated carbocycles. The average molecular weight is 288 g/mol. The second kappa shape index (κ2) is 7.54. The summed E-state index contributed by atoms with van der Waals surface area (Å²) in [5.41, 5.74) is 1.72. The molecule has 0 radical (unpaired) electrons. The summed E-state index contributed by atoms with van der Waals surface area (Å²) in [5.74, 6) is 2.02. The molecular weight excluding hydrogens is 268 g/mol. The Bertz CT molecular complexity index is 572. The van der Waals surface area contributed by atoms with Gasteiger partial charge in [-0.1, -0.05) is 0 Å². The van der Waals surface area contributed by atoms with Gasteiger partial charge in [0.2, 0.25) is 5.88 Å². The molecule has 0 bridgehead atoms. The van der Waals surface area contributed by atoms with Crippen molar-refractivity contribution in [1.82, 2.24) is 15.0 Å². The Morgan fingerprint density at radius 2 is 2.05 bits per heavy atom. The van der Waals surface area contributed by atoms with E-state index in [1.807, 2.05) is 32.0 Å². The van der Waals surface area contributed by atoms with Crippen LogP contribution in [0.1, 0.15) is 19.7 Å². The van der Waals surface area contributed by atoms with E-state index in [0.717, 1.165) is 23.6 Å². The number of pyridine rings is 1. The predicted molar refractivity (Wildman–Crippen MR) is 81.3 cm³/mol. The molecule has 0 aliphatic heterocycles. The molecule has 0 atom stereocenters. The third kappa shape index (κ3) is 4.13. The highest BCUT2D eigenvalue weighted by Gasteiger charge is 2.07. The van der Waals surface area contributed by atoms with E-state index in [-0.39, 0.29) is 0 Å². The zero-order valence-electron chi connectivity index (χ0n) is 12.6. The van der Waals surface area contributed by atoms with Crippen molar-refractivity contribution in [2.45, 2.75) is 20.5 Å². The van der Waals surface area contributed by atoms with Crippen LogP contribution >= 0.6 is 0 Å². The maximum absolute atomic E-state index is 5.39. The van der Waals surface area contributed by atoms with Gasteiger partial charge in [-0.25, -0.2) is 15.0 Å². The molecule has 2 aromatic heterocycles. The highest BCUT2D eigenvalue weighted by Crippen LogP contribution is 2.21. The fraction of sp³-hybridized carbons (Fsp3) is 0.400. The Balaban J connectivity index is 2.32. The van der Waals surface area contributed by atoms with Crippen molar-refractivity contribution in [3.63, 3.8) is 0 Å². The largest absolute Gasteiger partial charge is 0.481 e. The molecule has 0 aliphatic carbocycles. The maximum Gasteiger partial charge on any atom is 0.212 e. The van der Waals surface area contributed by atoms with Crippen LogP contribution in [0.3, 0.4) is 0 Å². The summed E-state index contributed by atoms with van der Waals surface area (Å²) in [5, 5.41) is 3.21. The zero-order chi connectivity index (χ0) is 15.1. The van der Waals surface area contributed by atoms with Crippen molar-refractivity contribution in [3.05, 3.63) is 30.2 Å². The lowest BCUT2D eigenvalue weighted by Crippen LogP contribution is -2.06. The first-order valence-corrected chi connectivity index (χ1v) is 6.96. The van der Waals surface area contributed by atoms with E-state index in [1.54, 1.807) is 13.3 Å². The van der Waals surface area contributed by atoms with Crippen molar-refractivity contribution in [3.8, 4) is 17.1 Å². The van der Waals surface area contributed by atoms with Gasteiger partial charge in [-0.15, -0.1) is 0 Å². The third-order valence-electron chi connectivity index (χ3n) is 2.81. The highest BCUT2D eigenvalue weighted by molar-refractivity contribution is 5.61. The molecule has 0 aliphatic rings. The minimum Gasteiger partial charge on any atom is -0.481 e. The van der Waals surface area contributed by atoms with E-state index in [9.17, 15) is 0 Å². The lowest BCUT2D eigenvalue weighted by atomic mass is 10.2. The molecule has 2 aromatic rings. The van der Waals surface area contributed by atoms with E-state index in [2.05, 4.69) is 20.3 Å². The summed E-state index contributed by atoms with van der Waals surface area (Å²) in [6.07, 6.45) is 1.74. The van der Waals surface area contributed by atoms with Crippen LogP contribution in [0.5, 0.6) is 5.88 Å². The van der Waals surface area contributed by atoms with Crippen molar-refractivity contribution in [2.75, 3.05) is 25.6 Å². The van der Waals surface area contributed by atoms with E-state index < -0.39 is 0 Å². The van der Waals surface area contributed by atoms with Crippen LogP contribution < -0.4 is 10.1 Å². The molecule has 6 heteroatoms. The Morgan fingerprint density at radius 1 is 1.19 bits per heavy atom. The number of hydrogen-bond donors (Lipinski definition) is 1. The monoisotopic (exact) mass is 288 g/mol. The van der Waals surface area contributed by atoms with E-state index in [0.29, 0.717) is 24.9 Å². The molecule has 1 N–H and O–H groups in total. The third-order valence-corrected chi connectivity index (χ3v) is 2.81. The predicted octanol–water partition coefficient (Wildman–Crippen LogP) is 2.52. The number of methoxy groups -OCH3 is 1. The lowest BCUT2D eigenvalue weighted by Gasteiger charge is -2.09. The molecule has 2 heterocycles. The first kappa shape index (κ1) is 15.2. The van der Waals surface area contributed by atoms with Crippen molar-refractivity contribution >= 4 is 5.82 Å². The van der Waals surface area contributed by atoms with Crippen LogP contribution in [0.4, 0.5) is 5.82 Å². The molecule has 6 nitrogen and oxygen atoms in total. The summed E-state index contributed by atoms with van der Waals surface area (Å²) in [4.78, 5) is 13.2. The van der Waals surface area contributed by atoms with Gasteiger partial charge in [0.05, 0.1) is 12.8 Å². The van der Waals surface area contributed by atoms with Gasteiger partial charge in [-0.3, -0.25) is 0 Å². The number of nitrogens with zero attached hydrogens (tertiary/aromatic N) is 3. The number of hydrogen-bond acceptors (Lipinski definition) is 6. The Kier molecular flexibility index (Phi) is 5.45. The van der Waals surface area contributed by atoms with Gasteiger partial charge in [0.25, 0.3) is 0 Å². The quantitative estimate of drug-likeness (QED) is 0.844. The number of ether oxygens (including phenoxy) is 2. The molecule has 2 rings (SSSR count). The summed E-state index contributed by atoms with van der Waals surface area (Å²) in [6.45, 7) is 5.80. The summed E-state index contributed by atoms with van der Waals surface area (Å²) in [6, 6.07) is 5.64. The molecule has 0 saturated heterocycles. The van der Waals surface area contributed by atoms with Gasteiger partial charge >= 0.3 is 0 Å². The molecule has 112 valence electrons. The minimum absolute atomic E-state index is 0.395. The van der Waals surface area contributed by atoms with Gasteiger partial charge in [0.15, 0.2) is 5.82 Å². The molecule has 0 unspecified atom stereocenters. The smallest absolute Gasteiger partial charge is 0.212 e. The molecule has 0 amide bonds. The SMILES string of the molecule is CCNc1cc(-c2ccc(OC)nc2)nc(COCC)n1. The van der Waals surface area contributed by atoms with Crippen LogP contribution in [0.15, 0.2) is 24.4 Å². The van der Waals surface area contributed by atoms with Crippen LogP contribution in [0.2, 0.25) is 0 Å². The van der Waals surface area contributed by atoms with E-state index in [1.165, 1.54) is 0 Å².